The first-order chi connectivity index (χ1) is 9.54. The van der Waals surface area contributed by atoms with E-state index in [1.807, 2.05) is 6.07 Å². The summed E-state index contributed by atoms with van der Waals surface area (Å²) in [6.07, 6.45) is 0. The minimum Gasteiger partial charge on any atom is -0.326 e. The zero-order valence-electron chi connectivity index (χ0n) is 10.9. The second kappa shape index (κ2) is 5.79. The van der Waals surface area contributed by atoms with Crippen molar-refractivity contribution in [3.8, 4) is 0 Å². The molecule has 0 saturated heterocycles. The van der Waals surface area contributed by atoms with Gasteiger partial charge >= 0.3 is 0 Å². The third-order valence-corrected chi connectivity index (χ3v) is 3.04. The first-order valence-corrected chi connectivity index (χ1v) is 6.05. The Bertz CT molecular complexity index is 644. The Morgan fingerprint density at radius 1 is 1.20 bits per heavy atom. The highest BCUT2D eigenvalue weighted by molar-refractivity contribution is 6.06. The van der Waals surface area contributed by atoms with Gasteiger partial charge in [0.15, 0.2) is 0 Å². The smallest absolute Gasteiger partial charge is 0.260 e. The first kappa shape index (κ1) is 14.1. The summed E-state index contributed by atoms with van der Waals surface area (Å²) < 4.78 is 26.5. The van der Waals surface area contributed by atoms with Crippen LogP contribution in [0.2, 0.25) is 0 Å². The molecular formula is C15H14F2N2O. The molecule has 2 aromatic rings. The van der Waals surface area contributed by atoms with E-state index < -0.39 is 17.5 Å². The lowest BCUT2D eigenvalue weighted by atomic mass is 10.1. The van der Waals surface area contributed by atoms with Crippen molar-refractivity contribution in [1.29, 1.82) is 0 Å². The van der Waals surface area contributed by atoms with Crippen LogP contribution in [0.5, 0.6) is 0 Å². The van der Waals surface area contributed by atoms with Crippen LogP contribution in [0, 0.1) is 11.6 Å². The molecule has 0 heterocycles. The Kier molecular flexibility index (Phi) is 4.10. The molecule has 0 aliphatic heterocycles. The fraction of sp³-hybridized carbons (Fsp3) is 0.133. The molecule has 0 unspecified atom stereocenters. The summed E-state index contributed by atoms with van der Waals surface area (Å²) in [5, 5.41) is 0. The van der Waals surface area contributed by atoms with E-state index >= 15 is 0 Å². The number of hydrogen-bond donors (Lipinski definition) is 1. The summed E-state index contributed by atoms with van der Waals surface area (Å²) >= 11 is 0. The van der Waals surface area contributed by atoms with E-state index in [4.69, 9.17) is 5.73 Å². The van der Waals surface area contributed by atoms with Crippen molar-refractivity contribution < 1.29 is 13.6 Å². The van der Waals surface area contributed by atoms with Gasteiger partial charge in [0.05, 0.1) is 5.56 Å². The number of anilines is 1. The van der Waals surface area contributed by atoms with Crippen LogP contribution in [-0.4, -0.2) is 13.0 Å². The molecule has 0 spiro atoms. The molecule has 0 atom stereocenters. The number of hydrogen-bond acceptors (Lipinski definition) is 2. The summed E-state index contributed by atoms with van der Waals surface area (Å²) in [6.45, 7) is 0.264. The molecule has 20 heavy (non-hydrogen) atoms. The molecule has 2 aromatic carbocycles. The van der Waals surface area contributed by atoms with Gasteiger partial charge in [0, 0.05) is 25.3 Å². The third-order valence-electron chi connectivity index (χ3n) is 3.04. The zero-order chi connectivity index (χ0) is 14.7. The highest BCUT2D eigenvalue weighted by Gasteiger charge is 2.19. The minimum absolute atomic E-state index is 0.180. The molecule has 0 radical (unpaired) electrons. The van der Waals surface area contributed by atoms with Crippen molar-refractivity contribution >= 4 is 11.6 Å². The van der Waals surface area contributed by atoms with Crippen LogP contribution in [0.1, 0.15) is 15.9 Å². The minimum atomic E-state index is -0.882. The van der Waals surface area contributed by atoms with Crippen molar-refractivity contribution in [3.05, 3.63) is 65.2 Å². The SMILES string of the molecule is CN(C(=O)c1ccc(F)cc1F)c1ccccc1CN. The van der Waals surface area contributed by atoms with E-state index in [0.29, 0.717) is 11.8 Å². The summed E-state index contributed by atoms with van der Waals surface area (Å²) in [4.78, 5) is 13.6. The van der Waals surface area contributed by atoms with E-state index in [1.54, 1.807) is 18.2 Å². The zero-order valence-corrected chi connectivity index (χ0v) is 10.9. The monoisotopic (exact) mass is 276 g/mol. The van der Waals surface area contributed by atoms with Crippen LogP contribution < -0.4 is 10.6 Å². The maximum atomic E-state index is 13.6. The Hall–Kier alpha value is -2.27. The molecule has 0 saturated carbocycles. The third kappa shape index (κ3) is 2.67. The van der Waals surface area contributed by atoms with Crippen LogP contribution in [0.15, 0.2) is 42.5 Å². The summed E-state index contributed by atoms with van der Waals surface area (Å²) in [5.74, 6) is -2.15. The highest BCUT2D eigenvalue weighted by atomic mass is 19.1. The second-order valence-corrected chi connectivity index (χ2v) is 4.32. The average Bonchev–Trinajstić information content (AvgIpc) is 2.45. The molecule has 0 aliphatic rings. The average molecular weight is 276 g/mol. The lowest BCUT2D eigenvalue weighted by molar-refractivity contribution is 0.0989. The maximum Gasteiger partial charge on any atom is 0.260 e. The van der Waals surface area contributed by atoms with Crippen LogP contribution in [0.25, 0.3) is 0 Å². The van der Waals surface area contributed by atoms with Gasteiger partial charge in [0.2, 0.25) is 0 Å². The maximum absolute atomic E-state index is 13.6. The molecular weight excluding hydrogens is 262 g/mol. The Morgan fingerprint density at radius 3 is 2.55 bits per heavy atom. The Balaban J connectivity index is 2.37. The molecule has 104 valence electrons. The largest absolute Gasteiger partial charge is 0.326 e. The van der Waals surface area contributed by atoms with Gasteiger partial charge in [-0.3, -0.25) is 4.79 Å². The number of halogens is 2. The van der Waals surface area contributed by atoms with Crippen molar-refractivity contribution in [2.75, 3.05) is 11.9 Å². The Morgan fingerprint density at radius 2 is 1.90 bits per heavy atom. The predicted octanol–water partition coefficient (Wildman–Crippen LogP) is 2.70. The lowest BCUT2D eigenvalue weighted by Gasteiger charge is -2.20. The van der Waals surface area contributed by atoms with Gasteiger partial charge in [-0.25, -0.2) is 8.78 Å². The quantitative estimate of drug-likeness (QED) is 0.937. The van der Waals surface area contributed by atoms with Crippen molar-refractivity contribution in [2.24, 2.45) is 5.73 Å². The fourth-order valence-corrected chi connectivity index (χ4v) is 1.96. The van der Waals surface area contributed by atoms with Gasteiger partial charge in [0.1, 0.15) is 11.6 Å². The number of rotatable bonds is 3. The molecule has 0 fully saturated rings. The molecule has 5 heteroatoms. The second-order valence-electron chi connectivity index (χ2n) is 4.32. The van der Waals surface area contributed by atoms with Gasteiger partial charge in [-0.2, -0.15) is 0 Å². The van der Waals surface area contributed by atoms with Crippen LogP contribution in [-0.2, 0) is 6.54 Å². The van der Waals surface area contributed by atoms with Gasteiger partial charge in [0.25, 0.3) is 5.91 Å². The lowest BCUT2D eigenvalue weighted by Crippen LogP contribution is -2.28. The van der Waals surface area contributed by atoms with E-state index in [-0.39, 0.29) is 12.1 Å². The molecule has 0 bridgehead atoms. The highest BCUT2D eigenvalue weighted by Crippen LogP contribution is 2.21. The number of amides is 1. The number of para-hydroxylation sites is 1. The molecule has 0 aromatic heterocycles. The van der Waals surface area contributed by atoms with Gasteiger partial charge in [-0.05, 0) is 23.8 Å². The topological polar surface area (TPSA) is 46.3 Å². The summed E-state index contributed by atoms with van der Waals surface area (Å²) in [7, 11) is 1.53. The van der Waals surface area contributed by atoms with Crippen LogP contribution in [0.3, 0.4) is 0 Å². The van der Waals surface area contributed by atoms with E-state index in [1.165, 1.54) is 11.9 Å². The van der Waals surface area contributed by atoms with Gasteiger partial charge in [-0.1, -0.05) is 18.2 Å². The van der Waals surface area contributed by atoms with E-state index in [9.17, 15) is 13.6 Å². The first-order valence-electron chi connectivity index (χ1n) is 6.05. The number of carbonyl (C=O) groups is 1. The Labute approximate surface area is 115 Å². The molecule has 3 nitrogen and oxygen atoms in total. The fourth-order valence-electron chi connectivity index (χ4n) is 1.96. The van der Waals surface area contributed by atoms with Crippen LogP contribution in [0.4, 0.5) is 14.5 Å². The molecule has 1 amide bonds. The van der Waals surface area contributed by atoms with E-state index in [2.05, 4.69) is 0 Å². The number of nitrogens with zero attached hydrogens (tertiary/aromatic N) is 1. The number of carbonyl (C=O) groups excluding carboxylic acids is 1. The van der Waals surface area contributed by atoms with Crippen LogP contribution >= 0.6 is 0 Å². The van der Waals surface area contributed by atoms with Crippen molar-refractivity contribution in [1.82, 2.24) is 0 Å². The normalized spacial score (nSPS) is 10.4. The molecule has 0 aliphatic carbocycles. The van der Waals surface area contributed by atoms with Gasteiger partial charge in [-0.15, -0.1) is 0 Å². The molecule has 2 N–H and O–H groups in total. The predicted molar refractivity (Wildman–Crippen MR) is 73.4 cm³/mol. The van der Waals surface area contributed by atoms with E-state index in [0.717, 1.165) is 17.7 Å². The summed E-state index contributed by atoms with van der Waals surface area (Å²) in [6, 6.07) is 9.97. The number of nitrogens with two attached hydrogens (primary N) is 1. The summed E-state index contributed by atoms with van der Waals surface area (Å²) in [5.41, 5.74) is 6.81. The van der Waals surface area contributed by atoms with Gasteiger partial charge < -0.3 is 10.6 Å². The van der Waals surface area contributed by atoms with Crippen molar-refractivity contribution in [2.45, 2.75) is 6.54 Å². The molecule has 2 rings (SSSR count). The van der Waals surface area contributed by atoms with Crippen molar-refractivity contribution in [3.63, 3.8) is 0 Å². The standard InChI is InChI=1S/C15H14F2N2O/c1-19(14-5-3-2-4-10(14)9-18)15(20)12-7-6-11(16)8-13(12)17/h2-8H,9,18H2,1H3. The number of benzene rings is 2.